The van der Waals surface area contributed by atoms with Gasteiger partial charge in [-0.25, -0.2) is 0 Å². The largest absolute Gasteiger partial charge is 0.395 e. The second-order valence-electron chi connectivity index (χ2n) is 6.11. The van der Waals surface area contributed by atoms with Gasteiger partial charge in [-0.1, -0.05) is 19.3 Å². The van der Waals surface area contributed by atoms with Gasteiger partial charge < -0.3 is 15.2 Å². The number of aliphatic hydroxyl groups excluding tert-OH is 1. The fourth-order valence-electron chi connectivity index (χ4n) is 2.82. The van der Waals surface area contributed by atoms with Crippen LogP contribution in [0.25, 0.3) is 0 Å². The summed E-state index contributed by atoms with van der Waals surface area (Å²) in [7, 11) is 0. The van der Waals surface area contributed by atoms with Crippen molar-refractivity contribution in [2.45, 2.75) is 64.5 Å². The molecule has 0 unspecified atom stereocenters. The molecule has 124 valence electrons. The number of nitrogens with one attached hydrogen (secondary N) is 1. The molecule has 1 aliphatic rings. The maximum atomic E-state index is 12.0. The van der Waals surface area contributed by atoms with Gasteiger partial charge in [-0.15, -0.1) is 0 Å². The highest BCUT2D eigenvalue weighted by Crippen LogP contribution is 2.22. The molecule has 0 atom stereocenters. The quantitative estimate of drug-likeness (QED) is 0.601. The summed E-state index contributed by atoms with van der Waals surface area (Å²) in [6.07, 6.45) is 7.15. The first-order valence-electron chi connectivity index (χ1n) is 8.36. The summed E-state index contributed by atoms with van der Waals surface area (Å²) < 4.78 is 5.44. The van der Waals surface area contributed by atoms with Gasteiger partial charge in [0.15, 0.2) is 0 Å². The van der Waals surface area contributed by atoms with Crippen molar-refractivity contribution in [3.05, 3.63) is 0 Å². The van der Waals surface area contributed by atoms with Crippen LogP contribution in [0, 0.1) is 0 Å². The Labute approximate surface area is 129 Å². The van der Waals surface area contributed by atoms with E-state index < -0.39 is 0 Å². The number of carbonyl (C=O) groups excluding carboxylic acids is 1. The molecule has 0 bridgehead atoms. The molecule has 0 aromatic heterocycles. The predicted octanol–water partition coefficient (Wildman–Crippen LogP) is 1.54. The van der Waals surface area contributed by atoms with Gasteiger partial charge in [-0.05, 0) is 33.1 Å². The summed E-state index contributed by atoms with van der Waals surface area (Å²) in [4.78, 5) is 14.1. The predicted molar refractivity (Wildman–Crippen MR) is 84.2 cm³/mol. The maximum absolute atomic E-state index is 12.0. The number of aliphatic hydroxyl groups is 1. The number of carbonyl (C=O) groups is 1. The third-order valence-corrected chi connectivity index (χ3v) is 3.92. The Bertz CT molecular complexity index is 279. The maximum Gasteiger partial charge on any atom is 0.234 e. The molecule has 1 aliphatic carbocycles. The van der Waals surface area contributed by atoms with Crippen molar-refractivity contribution >= 4 is 5.91 Å². The molecule has 0 spiro atoms. The van der Waals surface area contributed by atoms with Crippen molar-refractivity contribution in [3.8, 4) is 0 Å². The molecule has 1 saturated carbocycles. The molecule has 0 aromatic rings. The number of rotatable bonds is 10. The van der Waals surface area contributed by atoms with Gasteiger partial charge in [0.2, 0.25) is 5.91 Å². The molecular weight excluding hydrogens is 268 g/mol. The molecule has 5 heteroatoms. The van der Waals surface area contributed by atoms with E-state index >= 15 is 0 Å². The first-order chi connectivity index (χ1) is 10.1. The van der Waals surface area contributed by atoms with Gasteiger partial charge in [-0.3, -0.25) is 9.69 Å². The standard InChI is InChI=1S/C16H32N2O3/c1-14(2)21-12-6-9-17-16(20)13-18(10-11-19)15-7-4-3-5-8-15/h14-15,19H,3-13H2,1-2H3,(H,17,20). The highest BCUT2D eigenvalue weighted by molar-refractivity contribution is 5.78. The summed E-state index contributed by atoms with van der Waals surface area (Å²) in [6.45, 7) is 6.46. The summed E-state index contributed by atoms with van der Waals surface area (Å²) in [5.41, 5.74) is 0. The Kier molecular flexibility index (Phi) is 9.63. The Hall–Kier alpha value is -0.650. The van der Waals surface area contributed by atoms with E-state index in [-0.39, 0.29) is 18.6 Å². The smallest absolute Gasteiger partial charge is 0.234 e. The third kappa shape index (κ3) is 8.39. The molecule has 0 aromatic carbocycles. The van der Waals surface area contributed by atoms with Crippen LogP contribution in [0.1, 0.15) is 52.4 Å². The number of amides is 1. The Balaban J connectivity index is 2.21. The highest BCUT2D eigenvalue weighted by Gasteiger charge is 2.22. The number of nitrogens with zero attached hydrogens (tertiary/aromatic N) is 1. The highest BCUT2D eigenvalue weighted by atomic mass is 16.5. The van der Waals surface area contributed by atoms with Gasteiger partial charge in [0.1, 0.15) is 0 Å². The minimum absolute atomic E-state index is 0.0542. The molecule has 5 nitrogen and oxygen atoms in total. The topological polar surface area (TPSA) is 61.8 Å². The van der Waals surface area contributed by atoms with E-state index in [0.717, 1.165) is 19.3 Å². The SMILES string of the molecule is CC(C)OCCCNC(=O)CN(CCO)C1CCCCC1. The third-order valence-electron chi connectivity index (χ3n) is 3.92. The fraction of sp³-hybridized carbons (Fsp3) is 0.938. The van der Waals surface area contributed by atoms with E-state index in [9.17, 15) is 9.90 Å². The normalized spacial score (nSPS) is 16.6. The molecule has 1 fully saturated rings. The lowest BCUT2D eigenvalue weighted by molar-refractivity contribution is -0.123. The van der Waals surface area contributed by atoms with E-state index in [1.54, 1.807) is 0 Å². The lowest BCUT2D eigenvalue weighted by Gasteiger charge is -2.33. The van der Waals surface area contributed by atoms with Crippen molar-refractivity contribution in [3.63, 3.8) is 0 Å². The van der Waals surface area contributed by atoms with Crippen LogP contribution in [0.2, 0.25) is 0 Å². The van der Waals surface area contributed by atoms with E-state index in [1.807, 2.05) is 13.8 Å². The molecule has 0 saturated heterocycles. The van der Waals surface area contributed by atoms with Crippen molar-refractivity contribution in [1.29, 1.82) is 0 Å². The van der Waals surface area contributed by atoms with Crippen molar-refractivity contribution in [1.82, 2.24) is 10.2 Å². The van der Waals surface area contributed by atoms with E-state index in [0.29, 0.717) is 32.3 Å². The molecular formula is C16H32N2O3. The van der Waals surface area contributed by atoms with Crippen LogP contribution in [-0.4, -0.2) is 60.9 Å². The van der Waals surface area contributed by atoms with Crippen LogP contribution in [0.4, 0.5) is 0 Å². The van der Waals surface area contributed by atoms with Crippen molar-refractivity contribution in [2.24, 2.45) is 0 Å². The van der Waals surface area contributed by atoms with E-state index in [4.69, 9.17) is 4.74 Å². The van der Waals surface area contributed by atoms with Crippen LogP contribution in [0.3, 0.4) is 0 Å². The number of ether oxygens (including phenoxy) is 1. The second kappa shape index (κ2) is 11.0. The second-order valence-corrected chi connectivity index (χ2v) is 6.11. The number of hydrogen-bond acceptors (Lipinski definition) is 4. The van der Waals surface area contributed by atoms with E-state index in [1.165, 1.54) is 19.3 Å². The van der Waals surface area contributed by atoms with Crippen molar-refractivity contribution < 1.29 is 14.6 Å². The molecule has 1 amide bonds. The van der Waals surface area contributed by atoms with Gasteiger partial charge in [0, 0.05) is 25.7 Å². The van der Waals surface area contributed by atoms with E-state index in [2.05, 4.69) is 10.2 Å². The lowest BCUT2D eigenvalue weighted by Crippen LogP contribution is -2.45. The van der Waals surface area contributed by atoms with Gasteiger partial charge in [-0.2, -0.15) is 0 Å². The Morgan fingerprint density at radius 1 is 1.33 bits per heavy atom. The first kappa shape index (κ1) is 18.4. The summed E-state index contributed by atoms with van der Waals surface area (Å²) in [6, 6.07) is 0.459. The van der Waals surface area contributed by atoms with Crippen LogP contribution in [-0.2, 0) is 9.53 Å². The molecule has 1 rings (SSSR count). The number of hydrogen-bond donors (Lipinski definition) is 2. The minimum Gasteiger partial charge on any atom is -0.395 e. The molecule has 0 heterocycles. The Morgan fingerprint density at radius 3 is 2.67 bits per heavy atom. The molecule has 0 radical (unpaired) electrons. The lowest BCUT2D eigenvalue weighted by atomic mass is 9.94. The zero-order chi connectivity index (χ0) is 15.5. The monoisotopic (exact) mass is 300 g/mol. The van der Waals surface area contributed by atoms with Crippen LogP contribution in [0.15, 0.2) is 0 Å². The van der Waals surface area contributed by atoms with Gasteiger partial charge >= 0.3 is 0 Å². The van der Waals surface area contributed by atoms with Crippen LogP contribution in [0.5, 0.6) is 0 Å². The minimum atomic E-state index is 0.0542. The van der Waals surface area contributed by atoms with Gasteiger partial charge in [0.25, 0.3) is 0 Å². The zero-order valence-corrected chi connectivity index (χ0v) is 13.6. The zero-order valence-electron chi connectivity index (χ0n) is 13.6. The van der Waals surface area contributed by atoms with Gasteiger partial charge in [0.05, 0.1) is 19.3 Å². The average molecular weight is 300 g/mol. The van der Waals surface area contributed by atoms with Crippen LogP contribution < -0.4 is 5.32 Å². The van der Waals surface area contributed by atoms with Crippen molar-refractivity contribution in [2.75, 3.05) is 32.8 Å². The summed E-state index contributed by atoms with van der Waals surface area (Å²) >= 11 is 0. The average Bonchev–Trinajstić information content (AvgIpc) is 2.47. The summed E-state index contributed by atoms with van der Waals surface area (Å²) in [5.74, 6) is 0.0542. The fourth-order valence-corrected chi connectivity index (χ4v) is 2.82. The van der Waals surface area contributed by atoms with Crippen LogP contribution >= 0.6 is 0 Å². The Morgan fingerprint density at radius 2 is 2.05 bits per heavy atom. The molecule has 2 N–H and O–H groups in total. The molecule has 21 heavy (non-hydrogen) atoms. The summed E-state index contributed by atoms with van der Waals surface area (Å²) in [5, 5.41) is 12.1. The molecule has 0 aliphatic heterocycles. The first-order valence-corrected chi connectivity index (χ1v) is 8.36.